The molecule has 1 heterocycles. The van der Waals surface area contributed by atoms with Crippen molar-refractivity contribution < 1.29 is 18.1 Å². The number of hydrogen-bond acceptors (Lipinski definition) is 6. The van der Waals surface area contributed by atoms with Gasteiger partial charge in [-0.1, -0.05) is 29.5 Å². The lowest BCUT2D eigenvalue weighted by atomic mass is 10.3. The highest BCUT2D eigenvalue weighted by Gasteiger charge is 2.16. The van der Waals surface area contributed by atoms with Gasteiger partial charge in [0.15, 0.2) is 0 Å². The topological polar surface area (TPSA) is 104 Å². The molecule has 0 aliphatic carbocycles. The Balaban J connectivity index is 2.22. The molecular formula is C16H15N3O5S2. The average molecular weight is 393 g/mol. The van der Waals surface area contributed by atoms with Gasteiger partial charge in [0.2, 0.25) is 4.80 Å². The highest BCUT2D eigenvalue weighted by atomic mass is 32.2. The van der Waals surface area contributed by atoms with Crippen LogP contribution >= 0.6 is 11.3 Å². The van der Waals surface area contributed by atoms with Gasteiger partial charge in [0.1, 0.15) is 0 Å². The van der Waals surface area contributed by atoms with E-state index in [1.165, 1.54) is 31.4 Å². The van der Waals surface area contributed by atoms with E-state index in [0.717, 1.165) is 11.3 Å². The van der Waals surface area contributed by atoms with Crippen LogP contribution in [0.1, 0.15) is 0 Å². The Bertz CT molecular complexity index is 1120. The third-order valence-corrected chi connectivity index (χ3v) is 6.07. The molecule has 0 radical (unpaired) electrons. The molecule has 0 spiro atoms. The number of fused-ring (bicyclic) bond motifs is 1. The van der Waals surface area contributed by atoms with E-state index in [1.807, 2.05) is 0 Å². The van der Waals surface area contributed by atoms with E-state index in [0.29, 0.717) is 23.4 Å². The quantitative estimate of drug-likeness (QED) is 0.473. The molecule has 0 aliphatic heterocycles. The molecular weight excluding hydrogens is 378 g/mol. The van der Waals surface area contributed by atoms with E-state index in [1.54, 1.807) is 28.8 Å². The first-order valence-electron chi connectivity index (χ1n) is 7.55. The summed E-state index contributed by atoms with van der Waals surface area (Å²) in [6.07, 6.45) is 0. The number of thiazole rings is 1. The number of hydrogen-bond donors (Lipinski definition) is 0. The second-order valence-corrected chi connectivity index (χ2v) is 7.93. The molecule has 10 heteroatoms. The van der Waals surface area contributed by atoms with E-state index in [-0.39, 0.29) is 15.4 Å². The zero-order valence-electron chi connectivity index (χ0n) is 13.7. The van der Waals surface area contributed by atoms with Crippen LogP contribution in [-0.4, -0.2) is 31.6 Å². The lowest BCUT2D eigenvalue weighted by molar-refractivity contribution is -0.384. The summed E-state index contributed by atoms with van der Waals surface area (Å²) in [5, 5.41) is 11.0. The largest absolute Gasteiger partial charge is 0.383 e. The van der Waals surface area contributed by atoms with E-state index in [4.69, 9.17) is 4.74 Å². The van der Waals surface area contributed by atoms with Crippen LogP contribution in [0.2, 0.25) is 0 Å². The number of ether oxygens (including phenoxy) is 1. The van der Waals surface area contributed by atoms with Crippen molar-refractivity contribution in [3.63, 3.8) is 0 Å². The van der Waals surface area contributed by atoms with E-state index >= 15 is 0 Å². The van der Waals surface area contributed by atoms with Crippen molar-refractivity contribution in [2.45, 2.75) is 11.4 Å². The predicted octanol–water partition coefficient (Wildman–Crippen LogP) is 2.55. The molecule has 0 aliphatic rings. The van der Waals surface area contributed by atoms with E-state index in [2.05, 4.69) is 4.40 Å². The fourth-order valence-corrected chi connectivity index (χ4v) is 4.71. The average Bonchev–Trinajstić information content (AvgIpc) is 2.96. The second kappa shape index (κ2) is 7.36. The van der Waals surface area contributed by atoms with Crippen molar-refractivity contribution in [3.05, 3.63) is 63.4 Å². The first-order valence-corrected chi connectivity index (χ1v) is 9.81. The molecule has 3 rings (SSSR count). The Kier molecular flexibility index (Phi) is 5.16. The van der Waals surface area contributed by atoms with Crippen molar-refractivity contribution in [3.8, 4) is 0 Å². The molecule has 0 atom stereocenters. The van der Waals surface area contributed by atoms with Gasteiger partial charge in [0.05, 0.1) is 26.6 Å². The molecule has 0 saturated heterocycles. The fourth-order valence-electron chi connectivity index (χ4n) is 2.39. The van der Waals surface area contributed by atoms with Gasteiger partial charge in [-0.05, 0) is 18.2 Å². The lowest BCUT2D eigenvalue weighted by Crippen LogP contribution is -2.19. The zero-order valence-corrected chi connectivity index (χ0v) is 15.4. The minimum Gasteiger partial charge on any atom is -0.383 e. The highest BCUT2D eigenvalue weighted by molar-refractivity contribution is 7.90. The van der Waals surface area contributed by atoms with Crippen LogP contribution in [0.15, 0.2) is 57.8 Å². The van der Waals surface area contributed by atoms with Gasteiger partial charge in [0, 0.05) is 25.8 Å². The highest BCUT2D eigenvalue weighted by Crippen LogP contribution is 2.23. The number of nitro groups is 1. The number of nitrogens with zero attached hydrogens (tertiary/aromatic N) is 3. The monoisotopic (exact) mass is 393 g/mol. The van der Waals surface area contributed by atoms with Crippen LogP contribution in [0.5, 0.6) is 0 Å². The number of sulfonamides is 1. The van der Waals surface area contributed by atoms with Gasteiger partial charge in [-0.3, -0.25) is 10.1 Å². The number of benzene rings is 2. The number of rotatable bonds is 6. The lowest BCUT2D eigenvalue weighted by Gasteiger charge is -2.04. The Morgan fingerprint density at radius 2 is 1.96 bits per heavy atom. The van der Waals surface area contributed by atoms with Crippen LogP contribution in [0, 0.1) is 10.1 Å². The maximum atomic E-state index is 12.6. The summed E-state index contributed by atoms with van der Waals surface area (Å²) in [5.41, 5.74) is 0.606. The van der Waals surface area contributed by atoms with Gasteiger partial charge in [0.25, 0.3) is 15.7 Å². The van der Waals surface area contributed by atoms with Crippen molar-refractivity contribution >= 4 is 37.3 Å². The van der Waals surface area contributed by atoms with Gasteiger partial charge in [-0.25, -0.2) is 0 Å². The molecule has 8 nitrogen and oxygen atoms in total. The molecule has 136 valence electrons. The Labute approximate surface area is 153 Å². The minimum absolute atomic E-state index is 0.0601. The Morgan fingerprint density at radius 1 is 1.23 bits per heavy atom. The van der Waals surface area contributed by atoms with Crippen LogP contribution in [-0.2, 0) is 21.3 Å². The van der Waals surface area contributed by atoms with E-state index in [9.17, 15) is 18.5 Å². The molecule has 0 unspecified atom stereocenters. The molecule has 0 N–H and O–H groups in total. The number of aromatic nitrogens is 1. The maximum absolute atomic E-state index is 12.6. The first kappa shape index (κ1) is 18.2. The summed E-state index contributed by atoms with van der Waals surface area (Å²) < 4.78 is 36.4. The van der Waals surface area contributed by atoms with Gasteiger partial charge < -0.3 is 9.30 Å². The molecule has 1 aromatic heterocycles. The summed E-state index contributed by atoms with van der Waals surface area (Å²) >= 11 is 1.08. The normalized spacial score (nSPS) is 12.6. The number of non-ortho nitro benzene ring substituents is 1. The smallest absolute Gasteiger partial charge is 0.285 e. The number of nitro benzene ring substituents is 1. The molecule has 3 aromatic rings. The summed E-state index contributed by atoms with van der Waals surface area (Å²) in [5.74, 6) is 0. The zero-order chi connectivity index (χ0) is 18.7. The second-order valence-electron chi connectivity index (χ2n) is 5.32. The Hall–Kier alpha value is -2.56. The van der Waals surface area contributed by atoms with Gasteiger partial charge in [-0.15, -0.1) is 4.40 Å². The maximum Gasteiger partial charge on any atom is 0.285 e. The van der Waals surface area contributed by atoms with Gasteiger partial charge in [-0.2, -0.15) is 8.42 Å². The summed E-state index contributed by atoms with van der Waals surface area (Å²) in [6, 6.07) is 12.3. The molecule has 0 bridgehead atoms. The summed E-state index contributed by atoms with van der Waals surface area (Å²) in [4.78, 5) is 10.8. The van der Waals surface area contributed by atoms with Gasteiger partial charge >= 0.3 is 0 Å². The molecule has 0 amide bonds. The summed E-state index contributed by atoms with van der Waals surface area (Å²) in [7, 11) is -2.36. The van der Waals surface area contributed by atoms with Crippen LogP contribution in [0.4, 0.5) is 5.69 Å². The molecule has 26 heavy (non-hydrogen) atoms. The van der Waals surface area contributed by atoms with E-state index < -0.39 is 14.9 Å². The van der Waals surface area contributed by atoms with Crippen LogP contribution in [0.25, 0.3) is 10.2 Å². The molecule has 2 aromatic carbocycles. The van der Waals surface area contributed by atoms with Crippen molar-refractivity contribution in [2.24, 2.45) is 4.40 Å². The third kappa shape index (κ3) is 3.66. The number of methoxy groups -OCH3 is 1. The van der Waals surface area contributed by atoms with Crippen LogP contribution in [0.3, 0.4) is 0 Å². The fraction of sp³-hybridized carbons (Fsp3) is 0.188. The minimum atomic E-state index is -3.90. The third-order valence-electron chi connectivity index (χ3n) is 3.64. The summed E-state index contributed by atoms with van der Waals surface area (Å²) in [6.45, 7) is 0.721. The Morgan fingerprint density at radius 3 is 2.62 bits per heavy atom. The molecule has 0 fully saturated rings. The standard InChI is InChI=1S/C16H15N3O5S2/c1-24-10-9-18-14-8-7-12(19(20)21)11-15(14)25-16(18)17-26(22,23)13-5-3-2-4-6-13/h2-8,11H,9-10H2,1H3. The van der Waals surface area contributed by atoms with Crippen LogP contribution < -0.4 is 4.80 Å². The SMILES string of the molecule is COCCn1c(=NS(=O)(=O)c2ccccc2)sc2cc([N+](=O)[O-])ccc21. The first-order chi connectivity index (χ1) is 12.4. The predicted molar refractivity (Wildman–Crippen MR) is 97.5 cm³/mol. The molecule has 0 saturated carbocycles. The van der Waals surface area contributed by atoms with Crippen molar-refractivity contribution in [1.82, 2.24) is 4.57 Å². The van der Waals surface area contributed by atoms with Crippen molar-refractivity contribution in [1.29, 1.82) is 0 Å². The van der Waals surface area contributed by atoms with Crippen molar-refractivity contribution in [2.75, 3.05) is 13.7 Å².